The Morgan fingerprint density at radius 2 is 1.98 bits per heavy atom. The standard InChI is InChI=1S/C30H38FN7O4/c1-7-37-15-19(5)42-30-27(25(17-40-8-2)34-36(30)6)20-12-22-24(32-33-28(22)23(31)13-20)11-10-21-26(16-37)38(14-18(4)39)35-29(21)41-9-3/h10-13,18,39H,5,7-9,14-17H2,1-4,6H3,(H,32,33)/b11-10+/t18-/m0/s1. The molecule has 0 spiro atoms. The van der Waals surface area contributed by atoms with Gasteiger partial charge in [-0.2, -0.15) is 10.2 Å². The summed E-state index contributed by atoms with van der Waals surface area (Å²) in [5, 5.41) is 27.4. The van der Waals surface area contributed by atoms with Crippen molar-refractivity contribution in [1.82, 2.24) is 34.7 Å². The lowest BCUT2D eigenvalue weighted by Crippen LogP contribution is -2.29. The highest BCUT2D eigenvalue weighted by Crippen LogP contribution is 2.38. The quantitative estimate of drug-likeness (QED) is 0.313. The van der Waals surface area contributed by atoms with Crippen molar-refractivity contribution in [1.29, 1.82) is 0 Å². The van der Waals surface area contributed by atoms with Crippen LogP contribution in [0.2, 0.25) is 0 Å². The average Bonchev–Trinajstić information content (AvgIpc) is 3.59. The molecule has 1 aliphatic rings. The molecule has 4 aromatic rings. The van der Waals surface area contributed by atoms with Crippen molar-refractivity contribution in [3.8, 4) is 22.9 Å². The monoisotopic (exact) mass is 579 g/mol. The number of ether oxygens (including phenoxy) is 3. The van der Waals surface area contributed by atoms with Gasteiger partial charge in [0.05, 0.1) is 60.6 Å². The van der Waals surface area contributed by atoms with Crippen LogP contribution in [0.3, 0.4) is 0 Å². The first-order chi connectivity index (χ1) is 20.2. The molecule has 0 radical (unpaired) electrons. The smallest absolute Gasteiger partial charge is 0.240 e. The van der Waals surface area contributed by atoms with Gasteiger partial charge in [0.2, 0.25) is 11.8 Å². The van der Waals surface area contributed by atoms with Crippen molar-refractivity contribution in [2.24, 2.45) is 7.05 Å². The molecule has 0 aliphatic carbocycles. The van der Waals surface area contributed by atoms with Crippen molar-refractivity contribution in [3.05, 3.63) is 52.9 Å². The number of rotatable bonds is 8. The number of likely N-dealkylation sites (N-methyl/N-ethyl adjacent to an activating group) is 1. The van der Waals surface area contributed by atoms with Crippen LogP contribution >= 0.6 is 0 Å². The SMILES string of the molecule is C=C1CN(CC)Cc2c(c(OCC)nn2C[C@H](C)O)/C=C/c2[nH]nc3c(F)cc(cc23)-c2c(COCC)nn(C)c2O1. The second kappa shape index (κ2) is 12.5. The Bertz CT molecular complexity index is 1620. The number of aliphatic hydroxyl groups is 1. The second-order valence-electron chi connectivity index (χ2n) is 10.3. The van der Waals surface area contributed by atoms with E-state index in [2.05, 4.69) is 33.7 Å². The number of nitrogens with zero attached hydrogens (tertiary/aromatic N) is 6. The first kappa shape index (κ1) is 29.5. The summed E-state index contributed by atoms with van der Waals surface area (Å²) in [6, 6.07) is 3.32. The van der Waals surface area contributed by atoms with Crippen LogP contribution in [-0.2, 0) is 31.5 Å². The minimum Gasteiger partial charge on any atom is -0.476 e. The van der Waals surface area contributed by atoms with Gasteiger partial charge in [0, 0.05) is 25.6 Å². The first-order valence-corrected chi connectivity index (χ1v) is 14.2. The largest absolute Gasteiger partial charge is 0.476 e. The molecule has 2 N–H and O–H groups in total. The number of nitrogens with one attached hydrogen (secondary N) is 1. The summed E-state index contributed by atoms with van der Waals surface area (Å²) in [6.45, 7) is 14.8. The van der Waals surface area contributed by atoms with E-state index in [-0.39, 0.29) is 12.1 Å². The molecule has 4 heterocycles. The molecule has 12 heteroatoms. The zero-order valence-corrected chi connectivity index (χ0v) is 24.8. The molecule has 0 unspecified atom stereocenters. The van der Waals surface area contributed by atoms with Crippen LogP contribution in [0.1, 0.15) is 50.3 Å². The average molecular weight is 580 g/mol. The zero-order chi connectivity index (χ0) is 30.0. The third kappa shape index (κ3) is 5.83. The summed E-state index contributed by atoms with van der Waals surface area (Å²) in [6.07, 6.45) is 3.13. The van der Waals surface area contributed by atoms with Crippen LogP contribution in [0, 0.1) is 5.82 Å². The fourth-order valence-electron chi connectivity index (χ4n) is 5.18. The maximum Gasteiger partial charge on any atom is 0.240 e. The van der Waals surface area contributed by atoms with Gasteiger partial charge >= 0.3 is 0 Å². The summed E-state index contributed by atoms with van der Waals surface area (Å²) >= 11 is 0. The summed E-state index contributed by atoms with van der Waals surface area (Å²) in [7, 11) is 1.78. The molecule has 0 amide bonds. The van der Waals surface area contributed by atoms with Crippen molar-refractivity contribution in [3.63, 3.8) is 0 Å². The third-order valence-electron chi connectivity index (χ3n) is 7.10. The van der Waals surface area contributed by atoms with Gasteiger partial charge in [0.25, 0.3) is 0 Å². The highest BCUT2D eigenvalue weighted by Gasteiger charge is 2.25. The van der Waals surface area contributed by atoms with E-state index >= 15 is 4.39 Å². The maximum atomic E-state index is 15.5. The van der Waals surface area contributed by atoms with Crippen LogP contribution < -0.4 is 9.47 Å². The predicted molar refractivity (Wildman–Crippen MR) is 158 cm³/mol. The lowest BCUT2D eigenvalue weighted by atomic mass is 10.0. The summed E-state index contributed by atoms with van der Waals surface area (Å²) in [4.78, 5) is 2.16. The number of halogens is 1. The van der Waals surface area contributed by atoms with Gasteiger partial charge in [-0.25, -0.2) is 9.07 Å². The molecular formula is C30H38FN7O4. The summed E-state index contributed by atoms with van der Waals surface area (Å²) in [5.41, 5.74) is 4.31. The lowest BCUT2D eigenvalue weighted by molar-refractivity contribution is 0.131. The number of benzene rings is 1. The normalized spacial score (nSPS) is 15.6. The minimum atomic E-state index is -0.621. The number of hydrogen-bond acceptors (Lipinski definition) is 8. The van der Waals surface area contributed by atoms with E-state index in [1.807, 2.05) is 32.1 Å². The Hall–Kier alpha value is -4.00. The lowest BCUT2D eigenvalue weighted by Gasteiger charge is -2.23. The summed E-state index contributed by atoms with van der Waals surface area (Å²) in [5.74, 6) is 0.914. The third-order valence-corrected chi connectivity index (χ3v) is 7.10. The van der Waals surface area contributed by atoms with Crippen molar-refractivity contribution < 1.29 is 23.7 Å². The topological polar surface area (TPSA) is 115 Å². The maximum absolute atomic E-state index is 15.5. The van der Waals surface area contributed by atoms with E-state index in [0.29, 0.717) is 84.8 Å². The molecule has 1 aliphatic heterocycles. The predicted octanol–water partition coefficient (Wildman–Crippen LogP) is 4.51. The molecule has 1 aromatic carbocycles. The molecule has 5 rings (SSSR count). The van der Waals surface area contributed by atoms with Gasteiger partial charge in [0.15, 0.2) is 5.82 Å². The number of aromatic nitrogens is 6. The molecule has 224 valence electrons. The Morgan fingerprint density at radius 1 is 1.17 bits per heavy atom. The Labute approximate surface area is 244 Å². The van der Waals surface area contributed by atoms with Gasteiger partial charge in [-0.3, -0.25) is 14.7 Å². The molecule has 42 heavy (non-hydrogen) atoms. The van der Waals surface area contributed by atoms with Gasteiger partial charge < -0.3 is 19.3 Å². The molecular weight excluding hydrogens is 541 g/mol. The number of aliphatic hydroxyl groups excluding tert-OH is 1. The number of fused-ring (bicyclic) bond motifs is 4. The van der Waals surface area contributed by atoms with Crippen LogP contribution in [0.15, 0.2) is 24.5 Å². The van der Waals surface area contributed by atoms with Crippen LogP contribution in [-0.4, -0.2) is 72.2 Å². The first-order valence-electron chi connectivity index (χ1n) is 14.2. The number of aryl methyl sites for hydroxylation is 1. The minimum absolute atomic E-state index is 0.219. The molecule has 2 bridgehead atoms. The molecule has 3 aromatic heterocycles. The number of aromatic amines is 1. The van der Waals surface area contributed by atoms with E-state index in [0.717, 1.165) is 11.3 Å². The zero-order valence-electron chi connectivity index (χ0n) is 24.8. The Balaban J connectivity index is 1.74. The van der Waals surface area contributed by atoms with Gasteiger partial charge in [-0.15, -0.1) is 5.10 Å². The van der Waals surface area contributed by atoms with Crippen LogP contribution in [0.25, 0.3) is 34.2 Å². The van der Waals surface area contributed by atoms with Crippen LogP contribution in [0.5, 0.6) is 11.8 Å². The molecule has 0 saturated carbocycles. The van der Waals surface area contributed by atoms with E-state index in [1.165, 1.54) is 6.07 Å². The van der Waals surface area contributed by atoms with Gasteiger partial charge in [-0.1, -0.05) is 13.5 Å². The van der Waals surface area contributed by atoms with E-state index < -0.39 is 11.9 Å². The van der Waals surface area contributed by atoms with E-state index in [4.69, 9.17) is 19.3 Å². The van der Waals surface area contributed by atoms with Crippen molar-refractivity contribution >= 4 is 23.1 Å². The number of hydrogen-bond donors (Lipinski definition) is 2. The fourth-order valence-corrected chi connectivity index (χ4v) is 5.18. The fraction of sp³-hybridized carbons (Fsp3) is 0.433. The van der Waals surface area contributed by atoms with Crippen molar-refractivity contribution in [2.75, 3.05) is 26.3 Å². The van der Waals surface area contributed by atoms with Gasteiger partial charge in [-0.05, 0) is 57.2 Å². The summed E-state index contributed by atoms with van der Waals surface area (Å²) < 4.78 is 36.9. The van der Waals surface area contributed by atoms with Crippen LogP contribution in [0.4, 0.5) is 4.39 Å². The highest BCUT2D eigenvalue weighted by molar-refractivity contribution is 5.94. The molecule has 0 fully saturated rings. The Kier molecular flexibility index (Phi) is 8.76. The van der Waals surface area contributed by atoms with E-state index in [1.54, 1.807) is 23.3 Å². The van der Waals surface area contributed by atoms with E-state index in [9.17, 15) is 5.11 Å². The molecule has 11 nitrogen and oxygen atoms in total. The highest BCUT2D eigenvalue weighted by atomic mass is 19.1. The van der Waals surface area contributed by atoms with Crippen molar-refractivity contribution in [2.45, 2.75) is 53.5 Å². The molecule has 1 atom stereocenters. The Morgan fingerprint density at radius 3 is 2.69 bits per heavy atom. The molecule has 0 saturated heterocycles. The number of H-pyrrole nitrogens is 1. The second-order valence-corrected chi connectivity index (χ2v) is 10.3. The van der Waals surface area contributed by atoms with Gasteiger partial charge in [0.1, 0.15) is 11.3 Å².